The van der Waals surface area contributed by atoms with Gasteiger partial charge in [0, 0.05) is 6.54 Å². The van der Waals surface area contributed by atoms with Gasteiger partial charge in [-0.1, -0.05) is 29.7 Å². The lowest BCUT2D eigenvalue weighted by Gasteiger charge is -2.10. The van der Waals surface area contributed by atoms with Gasteiger partial charge < -0.3 is 0 Å². The van der Waals surface area contributed by atoms with E-state index in [1.165, 1.54) is 16.7 Å². The Balaban J connectivity index is 2.64. The molecule has 1 N–H and O–H groups in total. The van der Waals surface area contributed by atoms with Crippen LogP contribution in [0.15, 0.2) is 18.2 Å². The first kappa shape index (κ1) is 10.8. The Kier molecular flexibility index (Phi) is 3.73. The molecule has 1 rings (SSSR count). The van der Waals surface area contributed by atoms with E-state index in [0.29, 0.717) is 0 Å². The van der Waals surface area contributed by atoms with Gasteiger partial charge in [0.1, 0.15) is 0 Å². The molecule has 0 amide bonds. The number of rotatable bonds is 3. The van der Waals surface area contributed by atoms with Crippen LogP contribution in [-0.4, -0.2) is 6.04 Å². The molecule has 0 saturated heterocycles. The fraction of sp³-hybridized carbons (Fsp3) is 0.385. The lowest BCUT2D eigenvalue weighted by atomic mass is 10.1. The average Bonchev–Trinajstić information content (AvgIpc) is 2.16. The molecular weight excluding hydrogens is 170 g/mol. The fourth-order valence-electron chi connectivity index (χ4n) is 1.37. The normalized spacial score (nSPS) is 12.1. The van der Waals surface area contributed by atoms with E-state index in [0.717, 1.165) is 6.54 Å². The highest BCUT2D eigenvalue weighted by Gasteiger charge is 2.00. The first-order valence-electron chi connectivity index (χ1n) is 4.89. The molecular formula is C13H17N. The number of terminal acetylenes is 1. The lowest BCUT2D eigenvalue weighted by Crippen LogP contribution is -2.23. The molecule has 14 heavy (non-hydrogen) atoms. The fourth-order valence-corrected chi connectivity index (χ4v) is 1.37. The van der Waals surface area contributed by atoms with Gasteiger partial charge in [0.05, 0.1) is 6.04 Å². The SMILES string of the molecule is C#CC(C)NCc1ccc(C)cc1C. The molecule has 0 radical (unpaired) electrons. The summed E-state index contributed by atoms with van der Waals surface area (Å²) in [6, 6.07) is 6.61. The summed E-state index contributed by atoms with van der Waals surface area (Å²) in [6.45, 7) is 7.07. The van der Waals surface area contributed by atoms with E-state index in [1.807, 2.05) is 6.92 Å². The largest absolute Gasteiger partial charge is 0.300 e. The average molecular weight is 187 g/mol. The first-order valence-corrected chi connectivity index (χ1v) is 4.89. The number of benzene rings is 1. The summed E-state index contributed by atoms with van der Waals surface area (Å²) < 4.78 is 0. The van der Waals surface area contributed by atoms with Crippen molar-refractivity contribution in [2.75, 3.05) is 0 Å². The van der Waals surface area contributed by atoms with Crippen molar-refractivity contribution >= 4 is 0 Å². The Bertz CT molecular complexity index is 347. The van der Waals surface area contributed by atoms with Crippen LogP contribution in [0.4, 0.5) is 0 Å². The summed E-state index contributed by atoms with van der Waals surface area (Å²) in [6.07, 6.45) is 5.29. The summed E-state index contributed by atoms with van der Waals surface area (Å²) >= 11 is 0. The van der Waals surface area contributed by atoms with Crippen molar-refractivity contribution in [2.24, 2.45) is 0 Å². The first-order chi connectivity index (χ1) is 6.63. The molecule has 1 aromatic rings. The van der Waals surface area contributed by atoms with E-state index in [1.54, 1.807) is 0 Å². The Morgan fingerprint density at radius 2 is 2.14 bits per heavy atom. The van der Waals surface area contributed by atoms with Gasteiger partial charge in [0.25, 0.3) is 0 Å². The molecule has 0 aliphatic rings. The van der Waals surface area contributed by atoms with Crippen LogP contribution in [0.1, 0.15) is 23.6 Å². The summed E-state index contributed by atoms with van der Waals surface area (Å²) in [7, 11) is 0. The maximum atomic E-state index is 5.29. The highest BCUT2D eigenvalue weighted by molar-refractivity contribution is 5.30. The van der Waals surface area contributed by atoms with Crippen LogP contribution in [0.3, 0.4) is 0 Å². The minimum Gasteiger partial charge on any atom is -0.300 e. The minimum absolute atomic E-state index is 0.135. The van der Waals surface area contributed by atoms with Crippen LogP contribution in [0, 0.1) is 26.2 Å². The number of nitrogens with one attached hydrogen (secondary N) is 1. The Morgan fingerprint density at radius 1 is 1.43 bits per heavy atom. The summed E-state index contributed by atoms with van der Waals surface area (Å²) in [5.41, 5.74) is 3.94. The minimum atomic E-state index is 0.135. The molecule has 74 valence electrons. The van der Waals surface area contributed by atoms with E-state index in [4.69, 9.17) is 6.42 Å². The van der Waals surface area contributed by atoms with Gasteiger partial charge in [-0.15, -0.1) is 6.42 Å². The molecule has 1 unspecified atom stereocenters. The smallest absolute Gasteiger partial charge is 0.0660 e. The van der Waals surface area contributed by atoms with E-state index >= 15 is 0 Å². The second-order valence-electron chi connectivity index (χ2n) is 3.70. The molecule has 0 spiro atoms. The van der Waals surface area contributed by atoms with Gasteiger partial charge in [-0.3, -0.25) is 5.32 Å². The van der Waals surface area contributed by atoms with Crippen molar-refractivity contribution in [3.05, 3.63) is 34.9 Å². The maximum Gasteiger partial charge on any atom is 0.0660 e. The van der Waals surface area contributed by atoms with Crippen molar-refractivity contribution in [1.82, 2.24) is 5.32 Å². The molecule has 0 saturated carbocycles. The summed E-state index contributed by atoms with van der Waals surface area (Å²) in [5.74, 6) is 2.65. The van der Waals surface area contributed by atoms with Crippen molar-refractivity contribution in [3.8, 4) is 12.3 Å². The van der Waals surface area contributed by atoms with Gasteiger partial charge >= 0.3 is 0 Å². The molecule has 0 aliphatic carbocycles. The van der Waals surface area contributed by atoms with Gasteiger partial charge in [0.2, 0.25) is 0 Å². The third-order valence-corrected chi connectivity index (χ3v) is 2.35. The Hall–Kier alpha value is -1.26. The lowest BCUT2D eigenvalue weighted by molar-refractivity contribution is 0.646. The second kappa shape index (κ2) is 4.83. The molecule has 1 atom stereocenters. The predicted octanol–water partition coefficient (Wildman–Crippen LogP) is 2.41. The molecule has 1 aromatic carbocycles. The molecule has 1 heteroatoms. The third-order valence-electron chi connectivity index (χ3n) is 2.35. The van der Waals surface area contributed by atoms with Crippen molar-refractivity contribution < 1.29 is 0 Å². The van der Waals surface area contributed by atoms with E-state index in [9.17, 15) is 0 Å². The molecule has 1 nitrogen and oxygen atoms in total. The van der Waals surface area contributed by atoms with E-state index < -0.39 is 0 Å². The number of hydrogen-bond donors (Lipinski definition) is 1. The van der Waals surface area contributed by atoms with Crippen LogP contribution < -0.4 is 5.32 Å². The molecule has 0 heterocycles. The summed E-state index contributed by atoms with van der Waals surface area (Å²) in [4.78, 5) is 0. The van der Waals surface area contributed by atoms with Crippen LogP contribution in [0.5, 0.6) is 0 Å². The standard InChI is InChI=1S/C13H17N/c1-5-12(4)14-9-13-7-6-10(2)8-11(13)3/h1,6-8,12,14H,9H2,2-4H3. The van der Waals surface area contributed by atoms with Gasteiger partial charge in [-0.25, -0.2) is 0 Å². The number of aryl methyl sites for hydroxylation is 2. The van der Waals surface area contributed by atoms with Crippen molar-refractivity contribution in [2.45, 2.75) is 33.4 Å². The zero-order chi connectivity index (χ0) is 10.6. The predicted molar refractivity (Wildman–Crippen MR) is 61.1 cm³/mol. The van der Waals surface area contributed by atoms with Gasteiger partial charge in [0.15, 0.2) is 0 Å². The second-order valence-corrected chi connectivity index (χ2v) is 3.70. The quantitative estimate of drug-likeness (QED) is 0.717. The van der Waals surface area contributed by atoms with Crippen LogP contribution >= 0.6 is 0 Å². The topological polar surface area (TPSA) is 12.0 Å². The van der Waals surface area contributed by atoms with Gasteiger partial charge in [-0.2, -0.15) is 0 Å². The zero-order valence-electron chi connectivity index (χ0n) is 9.09. The monoisotopic (exact) mass is 187 g/mol. The highest BCUT2D eigenvalue weighted by Crippen LogP contribution is 2.10. The third kappa shape index (κ3) is 2.90. The Labute approximate surface area is 86.5 Å². The van der Waals surface area contributed by atoms with Crippen LogP contribution in [0.25, 0.3) is 0 Å². The van der Waals surface area contributed by atoms with Gasteiger partial charge in [-0.05, 0) is 31.9 Å². The van der Waals surface area contributed by atoms with E-state index in [2.05, 4.69) is 43.3 Å². The van der Waals surface area contributed by atoms with Crippen LogP contribution in [-0.2, 0) is 6.54 Å². The molecule has 0 aliphatic heterocycles. The Morgan fingerprint density at radius 3 is 2.71 bits per heavy atom. The van der Waals surface area contributed by atoms with Crippen LogP contribution in [0.2, 0.25) is 0 Å². The van der Waals surface area contributed by atoms with Crippen molar-refractivity contribution in [3.63, 3.8) is 0 Å². The summed E-state index contributed by atoms with van der Waals surface area (Å²) in [5, 5.41) is 3.27. The molecule has 0 bridgehead atoms. The number of hydrogen-bond acceptors (Lipinski definition) is 1. The maximum absolute atomic E-state index is 5.29. The van der Waals surface area contributed by atoms with E-state index in [-0.39, 0.29) is 6.04 Å². The van der Waals surface area contributed by atoms with Crippen molar-refractivity contribution in [1.29, 1.82) is 0 Å². The molecule has 0 aromatic heterocycles. The molecule has 0 fully saturated rings. The highest BCUT2D eigenvalue weighted by atomic mass is 14.9. The zero-order valence-corrected chi connectivity index (χ0v) is 9.09.